The average Bonchev–Trinajstić information content (AvgIpc) is 2.90. The summed E-state index contributed by atoms with van der Waals surface area (Å²) in [6.45, 7) is 0. The maximum atomic E-state index is 13.0. The second-order valence-electron chi connectivity index (χ2n) is 6.62. The maximum Gasteiger partial charge on any atom is 0.418 e. The zero-order valence-corrected chi connectivity index (χ0v) is 14.7. The molecule has 0 bridgehead atoms. The fourth-order valence-electron chi connectivity index (χ4n) is 3.17. The van der Waals surface area contributed by atoms with Gasteiger partial charge in [0.25, 0.3) is 5.91 Å². The minimum absolute atomic E-state index is 0.116. The van der Waals surface area contributed by atoms with Crippen molar-refractivity contribution in [3.63, 3.8) is 0 Å². The first kappa shape index (κ1) is 19.1. The lowest BCUT2D eigenvalue weighted by atomic mass is 10.1. The lowest BCUT2D eigenvalue weighted by Gasteiger charge is -2.16. The van der Waals surface area contributed by atoms with E-state index in [1.807, 2.05) is 0 Å². The van der Waals surface area contributed by atoms with E-state index in [1.54, 1.807) is 0 Å². The van der Waals surface area contributed by atoms with Crippen molar-refractivity contribution in [2.75, 3.05) is 5.32 Å². The van der Waals surface area contributed by atoms with Gasteiger partial charge >= 0.3 is 6.18 Å². The Kier molecular flexibility index (Phi) is 5.93. The summed E-state index contributed by atoms with van der Waals surface area (Å²) in [6.07, 6.45) is 4.52. The number of nitrogens with zero attached hydrogens (tertiary/aromatic N) is 2. The predicted molar refractivity (Wildman–Crippen MR) is 95.7 cm³/mol. The van der Waals surface area contributed by atoms with Crippen molar-refractivity contribution >= 4 is 17.4 Å². The highest BCUT2D eigenvalue weighted by atomic mass is 19.4. The van der Waals surface area contributed by atoms with Gasteiger partial charge in [0.15, 0.2) is 0 Å². The summed E-state index contributed by atoms with van der Waals surface area (Å²) in [4.78, 5) is 20.4. The van der Waals surface area contributed by atoms with Gasteiger partial charge in [0.05, 0.1) is 23.6 Å². The molecule has 0 atom stereocenters. The maximum absolute atomic E-state index is 13.0. The smallest absolute Gasteiger partial charge is 0.348 e. The van der Waals surface area contributed by atoms with E-state index in [0.717, 1.165) is 31.7 Å². The fourth-order valence-corrected chi connectivity index (χ4v) is 3.17. The van der Waals surface area contributed by atoms with Gasteiger partial charge in [-0.3, -0.25) is 4.79 Å². The molecule has 3 rings (SSSR count). The number of aromatic nitrogens is 2. The van der Waals surface area contributed by atoms with E-state index in [1.165, 1.54) is 43.4 Å². The van der Waals surface area contributed by atoms with Crippen molar-refractivity contribution in [2.24, 2.45) is 0 Å². The van der Waals surface area contributed by atoms with Crippen LogP contribution in [0.4, 0.5) is 24.7 Å². The molecule has 1 saturated carbocycles. The SMILES string of the molecule is O=C(NC1CCCCCC1)c1cnc(Nc2ccccc2C(F)(F)F)cn1. The Morgan fingerprint density at radius 2 is 1.70 bits per heavy atom. The number of carbonyl (C=O) groups excluding carboxylic acids is 1. The van der Waals surface area contributed by atoms with Gasteiger partial charge in [0.2, 0.25) is 0 Å². The molecule has 5 nitrogen and oxygen atoms in total. The van der Waals surface area contributed by atoms with Crippen LogP contribution in [0.2, 0.25) is 0 Å². The van der Waals surface area contributed by atoms with E-state index < -0.39 is 11.7 Å². The van der Waals surface area contributed by atoms with Gasteiger partial charge < -0.3 is 10.6 Å². The summed E-state index contributed by atoms with van der Waals surface area (Å²) in [7, 11) is 0. The Hall–Kier alpha value is -2.64. The van der Waals surface area contributed by atoms with Crippen LogP contribution in [-0.4, -0.2) is 21.9 Å². The highest BCUT2D eigenvalue weighted by molar-refractivity contribution is 5.92. The molecule has 1 aliphatic rings. The van der Waals surface area contributed by atoms with Crippen LogP contribution in [0, 0.1) is 0 Å². The largest absolute Gasteiger partial charge is 0.418 e. The molecule has 1 aromatic carbocycles. The van der Waals surface area contributed by atoms with Crippen LogP contribution in [0.25, 0.3) is 0 Å². The van der Waals surface area contributed by atoms with Crippen LogP contribution in [0.3, 0.4) is 0 Å². The molecule has 8 heteroatoms. The number of nitrogens with one attached hydrogen (secondary N) is 2. The number of carbonyl (C=O) groups is 1. The minimum atomic E-state index is -4.48. The lowest BCUT2D eigenvalue weighted by molar-refractivity contribution is -0.136. The fraction of sp³-hybridized carbons (Fsp3) is 0.421. The molecule has 2 N–H and O–H groups in total. The molecule has 1 heterocycles. The van der Waals surface area contributed by atoms with Crippen molar-refractivity contribution in [1.29, 1.82) is 0 Å². The molecule has 1 amide bonds. The van der Waals surface area contributed by atoms with Gasteiger partial charge in [-0.05, 0) is 25.0 Å². The summed E-state index contributed by atoms with van der Waals surface area (Å²) in [5.41, 5.74) is -0.758. The van der Waals surface area contributed by atoms with Crippen LogP contribution in [-0.2, 0) is 6.18 Å². The highest BCUT2D eigenvalue weighted by Crippen LogP contribution is 2.35. The van der Waals surface area contributed by atoms with E-state index in [9.17, 15) is 18.0 Å². The molecule has 1 aromatic heterocycles. The van der Waals surface area contributed by atoms with Gasteiger partial charge in [-0.25, -0.2) is 9.97 Å². The van der Waals surface area contributed by atoms with Crippen LogP contribution in [0.5, 0.6) is 0 Å². The standard InChI is InChI=1S/C19H21F3N4O/c20-19(21,22)14-9-5-6-10-15(14)26-17-12-23-16(11-24-17)18(27)25-13-7-3-1-2-4-8-13/h5-6,9-13H,1-4,7-8H2,(H,24,26)(H,25,27). The van der Waals surface area contributed by atoms with Gasteiger partial charge in [0, 0.05) is 6.04 Å². The molecule has 27 heavy (non-hydrogen) atoms. The number of para-hydroxylation sites is 1. The number of anilines is 2. The van der Waals surface area contributed by atoms with E-state index in [0.29, 0.717) is 0 Å². The zero-order chi connectivity index (χ0) is 19.3. The van der Waals surface area contributed by atoms with E-state index in [2.05, 4.69) is 20.6 Å². The van der Waals surface area contributed by atoms with Gasteiger partial charge in [-0.1, -0.05) is 37.8 Å². The molecule has 0 aliphatic heterocycles. The number of halogens is 3. The monoisotopic (exact) mass is 378 g/mol. The molecule has 1 fully saturated rings. The molecule has 0 saturated heterocycles. The molecule has 144 valence electrons. The number of hydrogen-bond donors (Lipinski definition) is 2. The molecule has 0 spiro atoms. The van der Waals surface area contributed by atoms with Crippen molar-refractivity contribution in [1.82, 2.24) is 15.3 Å². The second-order valence-corrected chi connectivity index (χ2v) is 6.62. The summed E-state index contributed by atoms with van der Waals surface area (Å²) < 4.78 is 39.1. The summed E-state index contributed by atoms with van der Waals surface area (Å²) in [6, 6.07) is 5.26. The third-order valence-electron chi connectivity index (χ3n) is 4.57. The van der Waals surface area contributed by atoms with E-state index in [-0.39, 0.29) is 29.1 Å². The van der Waals surface area contributed by atoms with Crippen LogP contribution >= 0.6 is 0 Å². The quantitative estimate of drug-likeness (QED) is 0.758. The Morgan fingerprint density at radius 3 is 2.33 bits per heavy atom. The Bertz CT molecular complexity index is 769. The van der Waals surface area contributed by atoms with Crippen molar-refractivity contribution in [3.8, 4) is 0 Å². The normalized spacial score (nSPS) is 15.8. The third kappa shape index (κ3) is 5.18. The second kappa shape index (κ2) is 8.37. The first-order valence-corrected chi connectivity index (χ1v) is 8.99. The molecular weight excluding hydrogens is 357 g/mol. The zero-order valence-electron chi connectivity index (χ0n) is 14.7. The molecule has 2 aromatic rings. The van der Waals surface area contributed by atoms with Crippen LogP contribution in [0.15, 0.2) is 36.7 Å². The molecule has 1 aliphatic carbocycles. The third-order valence-corrected chi connectivity index (χ3v) is 4.57. The summed E-state index contributed by atoms with van der Waals surface area (Å²) in [5, 5.41) is 5.57. The Labute approximate surface area is 155 Å². The van der Waals surface area contributed by atoms with Gasteiger partial charge in [0.1, 0.15) is 11.5 Å². The average molecular weight is 378 g/mol. The topological polar surface area (TPSA) is 66.9 Å². The highest BCUT2D eigenvalue weighted by Gasteiger charge is 2.33. The van der Waals surface area contributed by atoms with Gasteiger partial charge in [-0.15, -0.1) is 0 Å². The van der Waals surface area contributed by atoms with Crippen molar-refractivity contribution in [3.05, 3.63) is 47.9 Å². The molecular formula is C19H21F3N4O. The number of benzene rings is 1. The molecule has 0 unspecified atom stereocenters. The van der Waals surface area contributed by atoms with Gasteiger partial charge in [-0.2, -0.15) is 13.2 Å². The first-order valence-electron chi connectivity index (χ1n) is 8.99. The number of amides is 1. The lowest BCUT2D eigenvalue weighted by Crippen LogP contribution is -2.34. The summed E-state index contributed by atoms with van der Waals surface area (Å²) in [5.74, 6) is -0.172. The number of rotatable bonds is 4. The minimum Gasteiger partial charge on any atom is -0.348 e. The van der Waals surface area contributed by atoms with Crippen LogP contribution in [0.1, 0.15) is 54.6 Å². The van der Waals surface area contributed by atoms with E-state index >= 15 is 0 Å². The number of alkyl halides is 3. The number of hydrogen-bond acceptors (Lipinski definition) is 4. The Balaban J connectivity index is 1.66. The first-order chi connectivity index (χ1) is 12.9. The predicted octanol–water partition coefficient (Wildman–Crippen LogP) is 4.69. The van der Waals surface area contributed by atoms with Crippen LogP contribution < -0.4 is 10.6 Å². The molecule has 0 radical (unpaired) electrons. The Morgan fingerprint density at radius 1 is 1.00 bits per heavy atom. The van der Waals surface area contributed by atoms with Crippen molar-refractivity contribution in [2.45, 2.75) is 50.7 Å². The summed E-state index contributed by atoms with van der Waals surface area (Å²) >= 11 is 0. The van der Waals surface area contributed by atoms with E-state index in [4.69, 9.17) is 0 Å². The van der Waals surface area contributed by atoms with Crippen molar-refractivity contribution < 1.29 is 18.0 Å².